The summed E-state index contributed by atoms with van der Waals surface area (Å²) in [5.41, 5.74) is 0. The highest BCUT2D eigenvalue weighted by molar-refractivity contribution is 4.87. The highest BCUT2D eigenvalue weighted by Crippen LogP contribution is 2.22. The molecule has 1 N–H and O–H groups in total. The zero-order valence-corrected chi connectivity index (χ0v) is 10.0. The minimum Gasteiger partial charge on any atom is -0.381 e. The van der Waals surface area contributed by atoms with Crippen LogP contribution >= 0.6 is 0 Å². The molecule has 3 nitrogen and oxygen atoms in total. The van der Waals surface area contributed by atoms with Crippen molar-refractivity contribution in [2.45, 2.75) is 38.8 Å². The zero-order chi connectivity index (χ0) is 10.7. The van der Waals surface area contributed by atoms with E-state index in [0.717, 1.165) is 44.3 Å². The molecule has 0 spiro atoms. The molecule has 0 bridgehead atoms. The fourth-order valence-corrected chi connectivity index (χ4v) is 2.83. The van der Waals surface area contributed by atoms with E-state index < -0.39 is 0 Å². The normalized spacial score (nSPS) is 31.0. The molecule has 0 aromatic rings. The Kier molecular flexibility index (Phi) is 4.00. The highest BCUT2D eigenvalue weighted by atomic mass is 16.5. The number of nitrogens with zero attached hydrogens (tertiary/aromatic N) is 1. The molecule has 15 heavy (non-hydrogen) atoms. The van der Waals surface area contributed by atoms with Gasteiger partial charge in [0.2, 0.25) is 0 Å². The van der Waals surface area contributed by atoms with Gasteiger partial charge in [-0.15, -0.1) is 0 Å². The monoisotopic (exact) mass is 212 g/mol. The Bertz CT molecular complexity index is 190. The Hall–Kier alpha value is -0.120. The second-order valence-electron chi connectivity index (χ2n) is 5.10. The van der Waals surface area contributed by atoms with Crippen LogP contribution < -0.4 is 5.32 Å². The van der Waals surface area contributed by atoms with Crippen molar-refractivity contribution in [1.29, 1.82) is 0 Å². The standard InChI is InChI=1S/C12H24N2O/c1-10(2)12-9-13-5-6-14(12)11-3-7-15-8-4-11/h10-13H,3-9H2,1-2H3. The van der Waals surface area contributed by atoms with Gasteiger partial charge in [-0.2, -0.15) is 0 Å². The predicted octanol–water partition coefficient (Wildman–Crippen LogP) is 1.10. The van der Waals surface area contributed by atoms with Crippen LogP contribution in [0.2, 0.25) is 0 Å². The van der Waals surface area contributed by atoms with E-state index in [9.17, 15) is 0 Å². The molecule has 0 saturated carbocycles. The quantitative estimate of drug-likeness (QED) is 0.742. The van der Waals surface area contributed by atoms with Gasteiger partial charge < -0.3 is 10.1 Å². The number of piperazine rings is 1. The molecule has 1 atom stereocenters. The molecule has 0 aliphatic carbocycles. The van der Waals surface area contributed by atoms with Crippen LogP contribution in [0, 0.1) is 5.92 Å². The van der Waals surface area contributed by atoms with Crippen LogP contribution in [0.5, 0.6) is 0 Å². The summed E-state index contributed by atoms with van der Waals surface area (Å²) in [6.07, 6.45) is 2.45. The van der Waals surface area contributed by atoms with E-state index in [1.54, 1.807) is 0 Å². The minimum atomic E-state index is 0.724. The first-order chi connectivity index (χ1) is 7.29. The molecular formula is C12H24N2O. The topological polar surface area (TPSA) is 24.5 Å². The molecule has 0 aromatic carbocycles. The zero-order valence-electron chi connectivity index (χ0n) is 10.0. The molecule has 2 aliphatic rings. The van der Waals surface area contributed by atoms with Gasteiger partial charge in [0.25, 0.3) is 0 Å². The van der Waals surface area contributed by atoms with Crippen molar-refractivity contribution in [3.63, 3.8) is 0 Å². The third-order valence-electron chi connectivity index (χ3n) is 3.76. The smallest absolute Gasteiger partial charge is 0.0480 e. The molecule has 2 saturated heterocycles. The van der Waals surface area contributed by atoms with Gasteiger partial charge in [-0.3, -0.25) is 4.90 Å². The fourth-order valence-electron chi connectivity index (χ4n) is 2.83. The maximum absolute atomic E-state index is 5.44. The summed E-state index contributed by atoms with van der Waals surface area (Å²) in [6, 6.07) is 1.50. The largest absolute Gasteiger partial charge is 0.381 e. The molecular weight excluding hydrogens is 188 g/mol. The van der Waals surface area contributed by atoms with Gasteiger partial charge in [0.05, 0.1) is 0 Å². The fraction of sp³-hybridized carbons (Fsp3) is 1.00. The van der Waals surface area contributed by atoms with Crippen LogP contribution in [-0.4, -0.2) is 49.8 Å². The van der Waals surface area contributed by atoms with Crippen LogP contribution in [-0.2, 0) is 4.74 Å². The van der Waals surface area contributed by atoms with E-state index >= 15 is 0 Å². The van der Waals surface area contributed by atoms with Gasteiger partial charge in [0.1, 0.15) is 0 Å². The highest BCUT2D eigenvalue weighted by Gasteiger charge is 2.31. The molecule has 0 amide bonds. The van der Waals surface area contributed by atoms with E-state index in [4.69, 9.17) is 4.74 Å². The van der Waals surface area contributed by atoms with Crippen molar-refractivity contribution in [3.8, 4) is 0 Å². The lowest BCUT2D eigenvalue weighted by Crippen LogP contribution is -2.58. The van der Waals surface area contributed by atoms with Crippen LogP contribution in [0.25, 0.3) is 0 Å². The Labute approximate surface area is 93.2 Å². The number of rotatable bonds is 2. The Morgan fingerprint density at radius 1 is 1.27 bits per heavy atom. The van der Waals surface area contributed by atoms with Gasteiger partial charge in [-0.1, -0.05) is 13.8 Å². The molecule has 2 aliphatic heterocycles. The van der Waals surface area contributed by atoms with Crippen LogP contribution in [0.4, 0.5) is 0 Å². The first kappa shape index (κ1) is 11.4. The first-order valence-corrected chi connectivity index (χ1v) is 6.33. The lowest BCUT2D eigenvalue weighted by Gasteiger charge is -2.44. The number of nitrogens with one attached hydrogen (secondary N) is 1. The van der Waals surface area contributed by atoms with E-state index in [1.807, 2.05) is 0 Å². The van der Waals surface area contributed by atoms with Crippen LogP contribution in [0.15, 0.2) is 0 Å². The van der Waals surface area contributed by atoms with E-state index in [0.29, 0.717) is 0 Å². The molecule has 0 aromatic heterocycles. The lowest BCUT2D eigenvalue weighted by molar-refractivity contribution is -0.00125. The maximum atomic E-state index is 5.44. The summed E-state index contributed by atoms with van der Waals surface area (Å²) in [5, 5.41) is 3.51. The summed E-state index contributed by atoms with van der Waals surface area (Å²) in [5.74, 6) is 0.751. The number of ether oxygens (including phenoxy) is 1. The van der Waals surface area contributed by atoms with Crippen molar-refractivity contribution < 1.29 is 4.74 Å². The van der Waals surface area contributed by atoms with E-state index in [1.165, 1.54) is 19.4 Å². The number of hydrogen-bond donors (Lipinski definition) is 1. The van der Waals surface area contributed by atoms with Crippen LogP contribution in [0.3, 0.4) is 0 Å². The van der Waals surface area contributed by atoms with Gasteiger partial charge >= 0.3 is 0 Å². The summed E-state index contributed by atoms with van der Waals surface area (Å²) >= 11 is 0. The SMILES string of the molecule is CC(C)C1CNCCN1C1CCOCC1. The van der Waals surface area contributed by atoms with Crippen LogP contribution in [0.1, 0.15) is 26.7 Å². The summed E-state index contributed by atoms with van der Waals surface area (Å²) in [6.45, 7) is 10.1. The Morgan fingerprint density at radius 3 is 2.67 bits per heavy atom. The van der Waals surface area contributed by atoms with Crippen molar-refractivity contribution >= 4 is 0 Å². The van der Waals surface area contributed by atoms with Crippen molar-refractivity contribution in [3.05, 3.63) is 0 Å². The molecule has 0 radical (unpaired) electrons. The average Bonchev–Trinajstić information content (AvgIpc) is 2.30. The van der Waals surface area contributed by atoms with Crippen molar-refractivity contribution in [1.82, 2.24) is 10.2 Å². The predicted molar refractivity (Wildman–Crippen MR) is 62.0 cm³/mol. The van der Waals surface area contributed by atoms with Gasteiger partial charge in [0, 0.05) is 44.9 Å². The van der Waals surface area contributed by atoms with Gasteiger partial charge in [-0.25, -0.2) is 0 Å². The van der Waals surface area contributed by atoms with Crippen molar-refractivity contribution in [2.24, 2.45) is 5.92 Å². The molecule has 1 unspecified atom stereocenters. The third kappa shape index (κ3) is 2.71. The summed E-state index contributed by atoms with van der Waals surface area (Å²) < 4.78 is 5.44. The number of hydrogen-bond acceptors (Lipinski definition) is 3. The average molecular weight is 212 g/mol. The second kappa shape index (κ2) is 5.28. The summed E-state index contributed by atoms with van der Waals surface area (Å²) in [7, 11) is 0. The molecule has 3 heteroatoms. The molecule has 2 rings (SSSR count). The molecule has 88 valence electrons. The molecule has 2 fully saturated rings. The summed E-state index contributed by atoms with van der Waals surface area (Å²) in [4.78, 5) is 2.73. The van der Waals surface area contributed by atoms with Gasteiger partial charge in [-0.05, 0) is 18.8 Å². The Balaban J connectivity index is 1.96. The van der Waals surface area contributed by atoms with E-state index in [-0.39, 0.29) is 0 Å². The lowest BCUT2D eigenvalue weighted by atomic mass is 9.96. The molecule has 2 heterocycles. The maximum Gasteiger partial charge on any atom is 0.0480 e. The third-order valence-corrected chi connectivity index (χ3v) is 3.76. The van der Waals surface area contributed by atoms with Crippen molar-refractivity contribution in [2.75, 3.05) is 32.8 Å². The van der Waals surface area contributed by atoms with E-state index in [2.05, 4.69) is 24.1 Å². The first-order valence-electron chi connectivity index (χ1n) is 6.33. The Morgan fingerprint density at radius 2 is 2.00 bits per heavy atom. The second-order valence-corrected chi connectivity index (χ2v) is 5.10. The minimum absolute atomic E-state index is 0.724. The van der Waals surface area contributed by atoms with Gasteiger partial charge in [0.15, 0.2) is 0 Å².